The predicted molar refractivity (Wildman–Crippen MR) is 63.1 cm³/mol. The van der Waals surface area contributed by atoms with Crippen molar-refractivity contribution < 1.29 is 4.39 Å². The Morgan fingerprint density at radius 3 is 2.75 bits per heavy atom. The number of nitrogens with zero attached hydrogens (tertiary/aromatic N) is 1. The van der Waals surface area contributed by atoms with Crippen LogP contribution in [-0.4, -0.2) is 16.3 Å². The Balaban J connectivity index is 2.38. The maximum atomic E-state index is 13.1. The minimum Gasteiger partial charge on any atom is -0.347 e. The fourth-order valence-electron chi connectivity index (χ4n) is 2.01. The fourth-order valence-corrected chi connectivity index (χ4v) is 2.01. The molecular weight excluding hydrogens is 203 g/mol. The molecule has 2 nitrogen and oxygen atoms in total. The molecule has 1 aliphatic rings. The van der Waals surface area contributed by atoms with E-state index in [4.69, 9.17) is 5.41 Å². The number of hydrogen-bond donors (Lipinski definition) is 1. The molecule has 0 unspecified atom stereocenters. The third-order valence-corrected chi connectivity index (χ3v) is 3.52. The number of fused-ring (bicyclic) bond motifs is 1. The average molecular weight is 220 g/mol. The number of benzene rings is 1. The SMILES string of the molecule is CCC(C)(C)N1Cc2ccc(F)cc2C1=N. The monoisotopic (exact) mass is 220 g/mol. The summed E-state index contributed by atoms with van der Waals surface area (Å²) in [6, 6.07) is 4.71. The summed E-state index contributed by atoms with van der Waals surface area (Å²) in [5, 5.41) is 8.10. The molecule has 0 bridgehead atoms. The minimum absolute atomic E-state index is 0.0490. The summed E-state index contributed by atoms with van der Waals surface area (Å²) >= 11 is 0. The molecule has 0 atom stereocenters. The maximum absolute atomic E-state index is 13.1. The van der Waals surface area contributed by atoms with Gasteiger partial charge in [0.25, 0.3) is 0 Å². The van der Waals surface area contributed by atoms with E-state index in [0.29, 0.717) is 5.84 Å². The average Bonchev–Trinajstić information content (AvgIpc) is 2.57. The molecule has 0 saturated heterocycles. The molecule has 0 aliphatic carbocycles. The molecule has 0 aromatic heterocycles. The second kappa shape index (κ2) is 3.58. The van der Waals surface area contributed by atoms with Crippen molar-refractivity contribution in [3.8, 4) is 0 Å². The first-order valence-corrected chi connectivity index (χ1v) is 5.60. The van der Waals surface area contributed by atoms with Crippen molar-refractivity contribution in [2.75, 3.05) is 0 Å². The third-order valence-electron chi connectivity index (χ3n) is 3.52. The number of halogens is 1. The molecule has 1 aliphatic heterocycles. The molecule has 0 spiro atoms. The van der Waals surface area contributed by atoms with Crippen LogP contribution >= 0.6 is 0 Å². The summed E-state index contributed by atoms with van der Waals surface area (Å²) in [7, 11) is 0. The lowest BCUT2D eigenvalue weighted by molar-refractivity contribution is 0.208. The second-order valence-electron chi connectivity index (χ2n) is 4.90. The van der Waals surface area contributed by atoms with Crippen LogP contribution in [0.25, 0.3) is 0 Å². The zero-order valence-corrected chi connectivity index (χ0v) is 9.97. The highest BCUT2D eigenvalue weighted by atomic mass is 19.1. The Kier molecular flexibility index (Phi) is 2.49. The van der Waals surface area contributed by atoms with Crippen molar-refractivity contribution >= 4 is 5.84 Å². The van der Waals surface area contributed by atoms with E-state index < -0.39 is 0 Å². The summed E-state index contributed by atoms with van der Waals surface area (Å²) in [5.41, 5.74) is 1.74. The van der Waals surface area contributed by atoms with Crippen molar-refractivity contribution in [1.29, 1.82) is 5.41 Å². The Bertz CT molecular complexity index is 438. The van der Waals surface area contributed by atoms with Crippen LogP contribution in [0.15, 0.2) is 18.2 Å². The highest BCUT2D eigenvalue weighted by Gasteiger charge is 2.33. The first kappa shape index (κ1) is 11.1. The summed E-state index contributed by atoms with van der Waals surface area (Å²) in [6.07, 6.45) is 0.964. The smallest absolute Gasteiger partial charge is 0.129 e. The topological polar surface area (TPSA) is 27.1 Å². The van der Waals surface area contributed by atoms with Gasteiger partial charge in [-0.1, -0.05) is 13.0 Å². The van der Waals surface area contributed by atoms with Crippen molar-refractivity contribution in [2.24, 2.45) is 0 Å². The van der Waals surface area contributed by atoms with E-state index in [1.165, 1.54) is 12.1 Å². The maximum Gasteiger partial charge on any atom is 0.129 e. The molecule has 1 N–H and O–H groups in total. The molecule has 1 heterocycles. The van der Waals surface area contributed by atoms with Crippen LogP contribution in [0.5, 0.6) is 0 Å². The van der Waals surface area contributed by atoms with E-state index in [0.717, 1.165) is 24.1 Å². The molecule has 0 saturated carbocycles. The quantitative estimate of drug-likeness (QED) is 0.814. The van der Waals surface area contributed by atoms with E-state index in [1.807, 2.05) is 4.90 Å². The Labute approximate surface area is 95.6 Å². The molecule has 2 rings (SSSR count). The van der Waals surface area contributed by atoms with E-state index >= 15 is 0 Å². The third kappa shape index (κ3) is 1.60. The zero-order chi connectivity index (χ0) is 11.9. The molecule has 1 aromatic rings. The normalized spacial score (nSPS) is 15.5. The largest absolute Gasteiger partial charge is 0.347 e. The van der Waals surface area contributed by atoms with Gasteiger partial charge in [-0.2, -0.15) is 0 Å². The van der Waals surface area contributed by atoms with Crippen LogP contribution in [0.2, 0.25) is 0 Å². The summed E-state index contributed by atoms with van der Waals surface area (Å²) < 4.78 is 13.1. The van der Waals surface area contributed by atoms with Gasteiger partial charge < -0.3 is 4.90 Å². The van der Waals surface area contributed by atoms with Gasteiger partial charge in [0.1, 0.15) is 11.7 Å². The Morgan fingerprint density at radius 2 is 2.12 bits per heavy atom. The van der Waals surface area contributed by atoms with Gasteiger partial charge >= 0.3 is 0 Å². The van der Waals surface area contributed by atoms with Crippen LogP contribution < -0.4 is 0 Å². The van der Waals surface area contributed by atoms with Gasteiger partial charge in [0.05, 0.1) is 0 Å². The second-order valence-corrected chi connectivity index (χ2v) is 4.90. The van der Waals surface area contributed by atoms with Gasteiger partial charge in [-0.3, -0.25) is 5.41 Å². The van der Waals surface area contributed by atoms with Crippen molar-refractivity contribution in [2.45, 2.75) is 39.3 Å². The molecule has 3 heteroatoms. The zero-order valence-electron chi connectivity index (χ0n) is 9.97. The highest BCUT2D eigenvalue weighted by Crippen LogP contribution is 2.31. The van der Waals surface area contributed by atoms with E-state index in [9.17, 15) is 4.39 Å². The van der Waals surface area contributed by atoms with Gasteiger partial charge in [0.15, 0.2) is 0 Å². The number of amidine groups is 1. The first-order chi connectivity index (χ1) is 7.45. The van der Waals surface area contributed by atoms with Crippen LogP contribution in [0, 0.1) is 11.2 Å². The number of rotatable bonds is 2. The van der Waals surface area contributed by atoms with Crippen molar-refractivity contribution in [3.63, 3.8) is 0 Å². The lowest BCUT2D eigenvalue weighted by Gasteiger charge is -2.36. The van der Waals surface area contributed by atoms with E-state index in [1.54, 1.807) is 6.07 Å². The lowest BCUT2D eigenvalue weighted by Crippen LogP contribution is -2.43. The predicted octanol–water partition coefficient (Wildman–Crippen LogP) is 3.16. The van der Waals surface area contributed by atoms with Crippen LogP contribution in [0.1, 0.15) is 38.3 Å². The highest BCUT2D eigenvalue weighted by molar-refractivity contribution is 6.00. The molecule has 0 fully saturated rings. The molecule has 0 amide bonds. The number of nitrogens with one attached hydrogen (secondary N) is 1. The number of hydrogen-bond acceptors (Lipinski definition) is 1. The van der Waals surface area contributed by atoms with Gasteiger partial charge in [-0.25, -0.2) is 4.39 Å². The standard InChI is InChI=1S/C13H17FN2/c1-4-13(2,3)16-8-9-5-6-10(14)7-11(9)12(16)15/h5-7,15H,4,8H2,1-3H3. The van der Waals surface area contributed by atoms with E-state index in [-0.39, 0.29) is 11.4 Å². The molecule has 16 heavy (non-hydrogen) atoms. The van der Waals surface area contributed by atoms with E-state index in [2.05, 4.69) is 20.8 Å². The van der Waals surface area contributed by atoms with Crippen molar-refractivity contribution in [1.82, 2.24) is 4.90 Å². The van der Waals surface area contributed by atoms with Gasteiger partial charge in [-0.15, -0.1) is 0 Å². The Hall–Kier alpha value is -1.38. The van der Waals surface area contributed by atoms with Crippen LogP contribution in [0.4, 0.5) is 4.39 Å². The minimum atomic E-state index is -0.264. The molecule has 86 valence electrons. The van der Waals surface area contributed by atoms with Crippen molar-refractivity contribution in [3.05, 3.63) is 35.1 Å². The van der Waals surface area contributed by atoms with Gasteiger partial charge in [-0.05, 0) is 38.0 Å². The summed E-state index contributed by atoms with van der Waals surface area (Å²) in [4.78, 5) is 2.04. The first-order valence-electron chi connectivity index (χ1n) is 5.60. The molecule has 1 aromatic carbocycles. The van der Waals surface area contributed by atoms with Gasteiger partial charge in [0, 0.05) is 17.6 Å². The molecular formula is C13H17FN2. The molecule has 0 radical (unpaired) electrons. The summed E-state index contributed by atoms with van der Waals surface area (Å²) in [6.45, 7) is 7.06. The van der Waals surface area contributed by atoms with Gasteiger partial charge in [0.2, 0.25) is 0 Å². The Morgan fingerprint density at radius 1 is 1.44 bits per heavy atom. The fraction of sp³-hybridized carbons (Fsp3) is 0.462. The van der Waals surface area contributed by atoms with Crippen LogP contribution in [-0.2, 0) is 6.54 Å². The lowest BCUT2D eigenvalue weighted by atomic mass is 10.00. The van der Waals surface area contributed by atoms with Crippen LogP contribution in [0.3, 0.4) is 0 Å². The summed E-state index contributed by atoms with van der Waals surface area (Å²) in [5.74, 6) is 0.181.